The SMILES string of the molecule is COc1ccc(CNC(=O)c2ccnc(N3CCCC(C)C3)n2)cc1. The van der Waals surface area contributed by atoms with Crippen molar-refractivity contribution in [2.75, 3.05) is 25.1 Å². The average molecular weight is 340 g/mol. The predicted octanol–water partition coefficient (Wildman–Crippen LogP) is 2.65. The van der Waals surface area contributed by atoms with E-state index in [2.05, 4.69) is 27.1 Å². The van der Waals surface area contributed by atoms with Crippen molar-refractivity contribution in [2.24, 2.45) is 5.92 Å². The van der Waals surface area contributed by atoms with Crippen LogP contribution in [0.2, 0.25) is 0 Å². The summed E-state index contributed by atoms with van der Waals surface area (Å²) < 4.78 is 5.13. The van der Waals surface area contributed by atoms with Crippen LogP contribution >= 0.6 is 0 Å². The molecule has 1 saturated heterocycles. The molecule has 1 aromatic heterocycles. The van der Waals surface area contributed by atoms with E-state index >= 15 is 0 Å². The molecule has 0 bridgehead atoms. The highest BCUT2D eigenvalue weighted by Crippen LogP contribution is 2.19. The molecule has 1 amide bonds. The number of carbonyl (C=O) groups excluding carboxylic acids is 1. The monoisotopic (exact) mass is 340 g/mol. The van der Waals surface area contributed by atoms with Crippen LogP contribution in [-0.4, -0.2) is 36.1 Å². The van der Waals surface area contributed by atoms with Gasteiger partial charge in [0.25, 0.3) is 5.91 Å². The van der Waals surface area contributed by atoms with E-state index in [-0.39, 0.29) is 5.91 Å². The van der Waals surface area contributed by atoms with Gasteiger partial charge >= 0.3 is 0 Å². The van der Waals surface area contributed by atoms with Crippen LogP contribution in [0.4, 0.5) is 5.95 Å². The van der Waals surface area contributed by atoms with Crippen LogP contribution in [0.25, 0.3) is 0 Å². The Balaban J connectivity index is 1.62. The van der Waals surface area contributed by atoms with Crippen molar-refractivity contribution in [1.82, 2.24) is 15.3 Å². The van der Waals surface area contributed by atoms with Crippen molar-refractivity contribution in [3.63, 3.8) is 0 Å². The van der Waals surface area contributed by atoms with Crippen molar-refractivity contribution >= 4 is 11.9 Å². The van der Waals surface area contributed by atoms with Gasteiger partial charge in [-0.15, -0.1) is 0 Å². The first kappa shape index (κ1) is 17.2. The molecular formula is C19H24N4O2. The van der Waals surface area contributed by atoms with Gasteiger partial charge in [-0.25, -0.2) is 9.97 Å². The van der Waals surface area contributed by atoms with Crippen LogP contribution in [0.15, 0.2) is 36.5 Å². The van der Waals surface area contributed by atoms with Crippen LogP contribution in [0.5, 0.6) is 5.75 Å². The van der Waals surface area contributed by atoms with E-state index in [0.29, 0.717) is 24.1 Å². The van der Waals surface area contributed by atoms with Crippen LogP contribution in [0, 0.1) is 5.92 Å². The summed E-state index contributed by atoms with van der Waals surface area (Å²) in [5, 5.41) is 2.90. The number of methoxy groups -OCH3 is 1. The zero-order chi connectivity index (χ0) is 17.6. The lowest BCUT2D eigenvalue weighted by molar-refractivity contribution is 0.0946. The number of hydrogen-bond acceptors (Lipinski definition) is 5. The molecule has 1 aliphatic rings. The lowest BCUT2D eigenvalue weighted by Crippen LogP contribution is -2.36. The Kier molecular flexibility index (Phi) is 5.48. The summed E-state index contributed by atoms with van der Waals surface area (Å²) in [5.41, 5.74) is 1.41. The number of aromatic nitrogens is 2. The van der Waals surface area contributed by atoms with Crippen molar-refractivity contribution in [1.29, 1.82) is 0 Å². The second kappa shape index (κ2) is 7.96. The lowest BCUT2D eigenvalue weighted by Gasteiger charge is -2.30. The minimum absolute atomic E-state index is 0.190. The number of nitrogens with one attached hydrogen (secondary N) is 1. The van der Waals surface area contributed by atoms with Gasteiger partial charge < -0.3 is 15.0 Å². The van der Waals surface area contributed by atoms with E-state index in [1.807, 2.05) is 24.3 Å². The molecule has 1 fully saturated rings. The zero-order valence-corrected chi connectivity index (χ0v) is 14.7. The molecule has 1 N–H and O–H groups in total. The Labute approximate surface area is 148 Å². The van der Waals surface area contributed by atoms with Gasteiger partial charge in [0.2, 0.25) is 5.95 Å². The molecule has 0 spiro atoms. The maximum atomic E-state index is 12.4. The van der Waals surface area contributed by atoms with Gasteiger partial charge in [0.15, 0.2) is 0 Å². The van der Waals surface area contributed by atoms with Gasteiger partial charge in [0.1, 0.15) is 11.4 Å². The Morgan fingerprint density at radius 2 is 2.12 bits per heavy atom. The van der Waals surface area contributed by atoms with Gasteiger partial charge in [-0.1, -0.05) is 19.1 Å². The van der Waals surface area contributed by atoms with Gasteiger partial charge in [-0.3, -0.25) is 4.79 Å². The molecular weight excluding hydrogens is 316 g/mol. The van der Waals surface area contributed by atoms with E-state index in [1.165, 1.54) is 6.42 Å². The third-order valence-electron chi connectivity index (χ3n) is 4.43. The summed E-state index contributed by atoms with van der Waals surface area (Å²) in [4.78, 5) is 23.3. The normalized spacial score (nSPS) is 17.2. The minimum Gasteiger partial charge on any atom is -0.497 e. The summed E-state index contributed by atoms with van der Waals surface area (Å²) in [7, 11) is 1.63. The molecule has 6 nitrogen and oxygen atoms in total. The first-order chi connectivity index (χ1) is 12.2. The molecule has 132 valence electrons. The lowest BCUT2D eigenvalue weighted by atomic mass is 10.0. The van der Waals surface area contributed by atoms with E-state index < -0.39 is 0 Å². The highest BCUT2D eigenvalue weighted by Gasteiger charge is 2.19. The molecule has 0 aliphatic carbocycles. The second-order valence-electron chi connectivity index (χ2n) is 6.47. The van der Waals surface area contributed by atoms with E-state index in [0.717, 1.165) is 30.8 Å². The molecule has 3 rings (SSSR count). The van der Waals surface area contributed by atoms with Crippen molar-refractivity contribution in [3.05, 3.63) is 47.8 Å². The number of nitrogens with zero attached hydrogens (tertiary/aromatic N) is 3. The van der Waals surface area contributed by atoms with Crippen molar-refractivity contribution < 1.29 is 9.53 Å². The van der Waals surface area contributed by atoms with Crippen molar-refractivity contribution in [2.45, 2.75) is 26.3 Å². The number of hydrogen-bond donors (Lipinski definition) is 1. The number of rotatable bonds is 5. The number of benzene rings is 1. The number of ether oxygens (including phenoxy) is 1. The Hall–Kier alpha value is -2.63. The number of piperidine rings is 1. The first-order valence-electron chi connectivity index (χ1n) is 8.65. The third-order valence-corrected chi connectivity index (χ3v) is 4.43. The zero-order valence-electron chi connectivity index (χ0n) is 14.7. The molecule has 2 heterocycles. The first-order valence-corrected chi connectivity index (χ1v) is 8.65. The van der Waals surface area contributed by atoms with Crippen LogP contribution in [0.3, 0.4) is 0 Å². The topological polar surface area (TPSA) is 67.3 Å². The Bertz CT molecular complexity index is 718. The Morgan fingerprint density at radius 1 is 1.32 bits per heavy atom. The summed E-state index contributed by atoms with van der Waals surface area (Å²) in [6.07, 6.45) is 4.03. The number of anilines is 1. The van der Waals surface area contributed by atoms with E-state index in [9.17, 15) is 4.79 Å². The van der Waals surface area contributed by atoms with Crippen molar-refractivity contribution in [3.8, 4) is 5.75 Å². The van der Waals surface area contributed by atoms with Gasteiger partial charge in [-0.2, -0.15) is 0 Å². The maximum absolute atomic E-state index is 12.4. The molecule has 1 atom stereocenters. The fourth-order valence-electron chi connectivity index (χ4n) is 3.01. The second-order valence-corrected chi connectivity index (χ2v) is 6.47. The predicted molar refractivity (Wildman–Crippen MR) is 96.8 cm³/mol. The summed E-state index contributed by atoms with van der Waals surface area (Å²) in [6.45, 7) is 4.57. The summed E-state index contributed by atoms with van der Waals surface area (Å²) >= 11 is 0. The minimum atomic E-state index is -0.190. The molecule has 1 aromatic carbocycles. The Morgan fingerprint density at radius 3 is 2.84 bits per heavy atom. The fraction of sp³-hybridized carbons (Fsp3) is 0.421. The average Bonchev–Trinajstić information content (AvgIpc) is 2.66. The molecule has 0 saturated carbocycles. The molecule has 6 heteroatoms. The van der Waals surface area contributed by atoms with Crippen LogP contribution < -0.4 is 15.0 Å². The van der Waals surface area contributed by atoms with E-state index in [1.54, 1.807) is 19.4 Å². The summed E-state index contributed by atoms with van der Waals surface area (Å²) in [5.74, 6) is 1.88. The van der Waals surface area contributed by atoms with Gasteiger partial charge in [-0.05, 0) is 42.5 Å². The molecule has 1 aliphatic heterocycles. The van der Waals surface area contributed by atoms with Gasteiger partial charge in [0.05, 0.1) is 7.11 Å². The molecule has 1 unspecified atom stereocenters. The number of carbonyl (C=O) groups is 1. The maximum Gasteiger partial charge on any atom is 0.270 e. The van der Waals surface area contributed by atoms with Crippen LogP contribution in [0.1, 0.15) is 35.8 Å². The van der Waals surface area contributed by atoms with Gasteiger partial charge in [0, 0.05) is 25.8 Å². The van der Waals surface area contributed by atoms with E-state index in [4.69, 9.17) is 4.74 Å². The van der Waals surface area contributed by atoms with Crippen LogP contribution in [-0.2, 0) is 6.54 Å². The quantitative estimate of drug-likeness (QED) is 0.906. The smallest absolute Gasteiger partial charge is 0.270 e. The standard InChI is InChI=1S/C19H24N4O2/c1-14-4-3-11-23(13-14)19-20-10-9-17(22-19)18(24)21-12-15-5-7-16(25-2)8-6-15/h5-10,14H,3-4,11-13H2,1-2H3,(H,21,24). The number of amides is 1. The molecule has 2 aromatic rings. The largest absolute Gasteiger partial charge is 0.497 e. The third kappa shape index (κ3) is 4.47. The highest BCUT2D eigenvalue weighted by molar-refractivity contribution is 5.92. The molecule has 25 heavy (non-hydrogen) atoms. The molecule has 0 radical (unpaired) electrons. The summed E-state index contributed by atoms with van der Waals surface area (Å²) in [6, 6.07) is 9.27. The highest BCUT2D eigenvalue weighted by atomic mass is 16.5. The fourth-order valence-corrected chi connectivity index (χ4v) is 3.01.